The third kappa shape index (κ3) is 2.88. The van der Waals surface area contributed by atoms with Crippen molar-refractivity contribution in [2.24, 2.45) is 0 Å². The fourth-order valence-corrected chi connectivity index (χ4v) is 5.29. The summed E-state index contributed by atoms with van der Waals surface area (Å²) in [4.78, 5) is 2.60. The fraction of sp³-hybridized carbons (Fsp3) is 0.458. The number of nitriles is 1. The quantitative estimate of drug-likeness (QED) is 0.888. The lowest BCUT2D eigenvalue weighted by Gasteiger charge is -2.44. The molecule has 0 spiro atoms. The zero-order chi connectivity index (χ0) is 18.5. The Balaban J connectivity index is 1.34. The smallest absolute Gasteiger partial charge is 0.0926 e. The zero-order valence-electron chi connectivity index (χ0n) is 15.6. The van der Waals surface area contributed by atoms with E-state index < -0.39 is 5.60 Å². The van der Waals surface area contributed by atoms with Gasteiger partial charge in [0.25, 0.3) is 0 Å². The third-order valence-electron chi connectivity index (χ3n) is 7.06. The molecule has 5 rings (SSSR count). The van der Waals surface area contributed by atoms with Crippen LogP contribution in [-0.2, 0) is 17.6 Å². The lowest BCUT2D eigenvalue weighted by Crippen LogP contribution is -2.49. The maximum Gasteiger partial charge on any atom is 0.0926 e. The van der Waals surface area contributed by atoms with E-state index in [1.54, 1.807) is 0 Å². The van der Waals surface area contributed by atoms with Gasteiger partial charge in [-0.15, -0.1) is 0 Å². The van der Waals surface area contributed by atoms with Crippen molar-refractivity contribution >= 4 is 0 Å². The van der Waals surface area contributed by atoms with E-state index in [1.807, 2.05) is 0 Å². The first-order valence-electron chi connectivity index (χ1n) is 10.2. The molecule has 2 aliphatic heterocycles. The van der Waals surface area contributed by atoms with E-state index in [0.717, 1.165) is 43.4 Å². The first-order valence-corrected chi connectivity index (χ1v) is 10.2. The van der Waals surface area contributed by atoms with Crippen LogP contribution in [0.25, 0.3) is 0 Å². The molecule has 27 heavy (non-hydrogen) atoms. The average molecular weight is 358 g/mol. The van der Waals surface area contributed by atoms with Crippen LogP contribution in [0.1, 0.15) is 55.2 Å². The number of fused-ring (bicyclic) bond motifs is 2. The Kier molecular flexibility index (Phi) is 3.89. The van der Waals surface area contributed by atoms with Gasteiger partial charge in [0.1, 0.15) is 0 Å². The predicted molar refractivity (Wildman–Crippen MR) is 105 cm³/mol. The van der Waals surface area contributed by atoms with Crippen molar-refractivity contribution in [1.29, 1.82) is 5.26 Å². The summed E-state index contributed by atoms with van der Waals surface area (Å²) in [6.45, 7) is 0.982. The molecule has 2 atom stereocenters. The van der Waals surface area contributed by atoms with Gasteiger partial charge in [0.05, 0.1) is 17.1 Å². The summed E-state index contributed by atoms with van der Waals surface area (Å²) >= 11 is 0. The molecule has 0 radical (unpaired) electrons. The molecule has 2 saturated heterocycles. The lowest BCUT2D eigenvalue weighted by molar-refractivity contribution is -0.0595. The van der Waals surface area contributed by atoms with E-state index in [9.17, 15) is 10.4 Å². The van der Waals surface area contributed by atoms with Gasteiger partial charge >= 0.3 is 0 Å². The number of nitrogens with zero attached hydrogens (tertiary/aromatic N) is 2. The average Bonchev–Trinajstić information content (AvgIpc) is 3.46. The van der Waals surface area contributed by atoms with Crippen LogP contribution in [0.2, 0.25) is 0 Å². The summed E-state index contributed by atoms with van der Waals surface area (Å²) in [5, 5.41) is 20.9. The number of piperidine rings is 1. The molecular formula is C24H26N2O. The van der Waals surface area contributed by atoms with E-state index in [4.69, 9.17) is 0 Å². The summed E-state index contributed by atoms with van der Waals surface area (Å²) in [6.07, 6.45) is 5.89. The molecule has 2 bridgehead atoms. The number of rotatable bonds is 4. The van der Waals surface area contributed by atoms with Crippen molar-refractivity contribution in [3.8, 4) is 6.07 Å². The Hall–Kier alpha value is -2.15. The van der Waals surface area contributed by atoms with Crippen molar-refractivity contribution in [3.63, 3.8) is 0 Å². The summed E-state index contributed by atoms with van der Waals surface area (Å²) in [5.74, 6) is 0. The highest BCUT2D eigenvalue weighted by atomic mass is 16.3. The third-order valence-corrected chi connectivity index (χ3v) is 7.06. The van der Waals surface area contributed by atoms with Crippen molar-refractivity contribution in [2.75, 3.05) is 0 Å². The van der Waals surface area contributed by atoms with Gasteiger partial charge < -0.3 is 5.11 Å². The Morgan fingerprint density at radius 1 is 0.926 bits per heavy atom. The van der Waals surface area contributed by atoms with Gasteiger partial charge in [-0.2, -0.15) is 5.26 Å². The maximum absolute atomic E-state index is 11.5. The van der Waals surface area contributed by atoms with Crippen LogP contribution in [0.15, 0.2) is 54.6 Å². The highest BCUT2D eigenvalue weighted by Crippen LogP contribution is 2.49. The number of hydrogen-bond acceptors (Lipinski definition) is 3. The Bertz CT molecular complexity index is 850. The molecule has 2 aromatic carbocycles. The molecule has 2 heterocycles. The topological polar surface area (TPSA) is 47.3 Å². The highest BCUT2D eigenvalue weighted by molar-refractivity contribution is 5.41. The molecular weight excluding hydrogens is 332 g/mol. The number of aliphatic hydroxyl groups is 1. The van der Waals surface area contributed by atoms with Crippen LogP contribution in [0.5, 0.6) is 0 Å². The van der Waals surface area contributed by atoms with Crippen LogP contribution in [0.3, 0.4) is 0 Å². The molecule has 1 N–H and O–H groups in total. The van der Waals surface area contributed by atoms with Crippen molar-refractivity contribution in [3.05, 3.63) is 71.3 Å². The van der Waals surface area contributed by atoms with Crippen LogP contribution >= 0.6 is 0 Å². The molecule has 2 aromatic rings. The largest absolute Gasteiger partial charge is 0.385 e. The highest BCUT2D eigenvalue weighted by Gasteiger charge is 2.49. The van der Waals surface area contributed by atoms with E-state index in [0.29, 0.717) is 12.1 Å². The van der Waals surface area contributed by atoms with Crippen LogP contribution < -0.4 is 0 Å². The second kappa shape index (κ2) is 6.19. The predicted octanol–water partition coefficient (Wildman–Crippen LogP) is 4.26. The second-order valence-electron chi connectivity index (χ2n) is 8.75. The van der Waals surface area contributed by atoms with Gasteiger partial charge in [0.15, 0.2) is 0 Å². The van der Waals surface area contributed by atoms with Crippen molar-refractivity contribution in [1.82, 2.24) is 4.90 Å². The Morgan fingerprint density at radius 2 is 1.52 bits per heavy atom. The minimum absolute atomic E-state index is 0.251. The van der Waals surface area contributed by atoms with Crippen LogP contribution in [-0.4, -0.2) is 22.1 Å². The second-order valence-corrected chi connectivity index (χ2v) is 8.75. The first-order chi connectivity index (χ1) is 13.1. The first kappa shape index (κ1) is 17.0. The van der Waals surface area contributed by atoms with Crippen LogP contribution in [0.4, 0.5) is 0 Å². The Labute approximate surface area is 161 Å². The molecule has 1 aliphatic carbocycles. The molecule has 1 saturated carbocycles. The van der Waals surface area contributed by atoms with Gasteiger partial charge in [0, 0.05) is 18.6 Å². The minimum atomic E-state index is -0.735. The van der Waals surface area contributed by atoms with E-state index in [2.05, 4.69) is 65.6 Å². The lowest BCUT2D eigenvalue weighted by atomic mass is 9.79. The van der Waals surface area contributed by atoms with Gasteiger partial charge in [-0.1, -0.05) is 54.6 Å². The maximum atomic E-state index is 11.5. The number of benzene rings is 2. The summed E-state index contributed by atoms with van der Waals surface area (Å²) in [6, 6.07) is 22.3. The van der Waals surface area contributed by atoms with Crippen molar-refractivity contribution in [2.45, 2.75) is 68.2 Å². The SMILES string of the molecule is N#CC1(c2ccc(C3(O)CC4CCC(C3)N4Cc3ccccc3)cc2)CC1. The fourth-order valence-electron chi connectivity index (χ4n) is 5.29. The molecule has 0 aromatic heterocycles. The summed E-state index contributed by atoms with van der Waals surface area (Å²) < 4.78 is 0. The minimum Gasteiger partial charge on any atom is -0.385 e. The zero-order valence-corrected chi connectivity index (χ0v) is 15.6. The molecule has 3 aliphatic rings. The van der Waals surface area contributed by atoms with Gasteiger partial charge in [-0.25, -0.2) is 0 Å². The van der Waals surface area contributed by atoms with Gasteiger partial charge in [-0.3, -0.25) is 4.90 Å². The van der Waals surface area contributed by atoms with E-state index in [1.165, 1.54) is 18.4 Å². The molecule has 3 nitrogen and oxygen atoms in total. The molecule has 138 valence electrons. The normalized spacial score (nSPS) is 31.4. The Morgan fingerprint density at radius 3 is 2.07 bits per heavy atom. The molecule has 0 amide bonds. The van der Waals surface area contributed by atoms with Crippen molar-refractivity contribution < 1.29 is 5.11 Å². The molecule has 3 heteroatoms. The van der Waals surface area contributed by atoms with E-state index >= 15 is 0 Å². The number of hydrogen-bond donors (Lipinski definition) is 1. The van der Waals surface area contributed by atoms with Gasteiger partial charge in [-0.05, 0) is 55.2 Å². The molecule has 3 fully saturated rings. The van der Waals surface area contributed by atoms with E-state index in [-0.39, 0.29) is 5.41 Å². The van der Waals surface area contributed by atoms with Crippen LogP contribution in [0, 0.1) is 11.3 Å². The molecule has 2 unspecified atom stereocenters. The summed E-state index contributed by atoms with van der Waals surface area (Å²) in [5.41, 5.74) is 2.51. The monoisotopic (exact) mass is 358 g/mol. The van der Waals surface area contributed by atoms with Gasteiger partial charge in [0.2, 0.25) is 0 Å². The summed E-state index contributed by atoms with van der Waals surface area (Å²) in [7, 11) is 0. The standard InChI is InChI=1S/C24H26N2O/c25-17-23(12-13-23)19-6-8-20(9-7-19)24(27)14-21-10-11-22(15-24)26(21)16-18-4-2-1-3-5-18/h1-9,21-22,27H,10-16H2.